The Kier molecular flexibility index (Phi) is 3.76. The summed E-state index contributed by atoms with van der Waals surface area (Å²) in [5, 5.41) is 0. The van der Waals surface area contributed by atoms with Crippen molar-refractivity contribution in [3.05, 3.63) is 48.5 Å². The first-order valence-corrected chi connectivity index (χ1v) is 5.84. The SMILES string of the molecule is CCCC1C=C(Oc2ccncc2)C=CC1. The fraction of sp³-hybridized carbons (Fsp3) is 0.357. The van der Waals surface area contributed by atoms with Crippen LogP contribution in [0.2, 0.25) is 0 Å². The first-order valence-electron chi connectivity index (χ1n) is 5.84. The lowest BCUT2D eigenvalue weighted by atomic mass is 9.95. The molecule has 1 unspecified atom stereocenters. The fourth-order valence-electron chi connectivity index (χ4n) is 1.90. The van der Waals surface area contributed by atoms with Gasteiger partial charge in [-0.1, -0.05) is 19.4 Å². The van der Waals surface area contributed by atoms with E-state index < -0.39 is 0 Å². The summed E-state index contributed by atoms with van der Waals surface area (Å²) in [5.41, 5.74) is 0. The van der Waals surface area contributed by atoms with Crippen LogP contribution in [0.5, 0.6) is 5.75 Å². The zero-order chi connectivity index (χ0) is 11.2. The van der Waals surface area contributed by atoms with E-state index in [1.54, 1.807) is 12.4 Å². The molecule has 0 bridgehead atoms. The van der Waals surface area contributed by atoms with Crippen molar-refractivity contribution in [1.82, 2.24) is 4.98 Å². The Bertz CT molecular complexity index is 381. The molecule has 1 aromatic heterocycles. The van der Waals surface area contributed by atoms with Gasteiger partial charge in [0.25, 0.3) is 0 Å². The van der Waals surface area contributed by atoms with Crippen molar-refractivity contribution < 1.29 is 4.74 Å². The van der Waals surface area contributed by atoms with E-state index in [2.05, 4.69) is 24.1 Å². The molecule has 16 heavy (non-hydrogen) atoms. The van der Waals surface area contributed by atoms with Gasteiger partial charge in [-0.3, -0.25) is 4.98 Å². The van der Waals surface area contributed by atoms with E-state index in [0.29, 0.717) is 5.92 Å². The van der Waals surface area contributed by atoms with Crippen LogP contribution in [-0.4, -0.2) is 4.98 Å². The van der Waals surface area contributed by atoms with Gasteiger partial charge in [-0.2, -0.15) is 0 Å². The molecule has 0 saturated carbocycles. The Morgan fingerprint density at radius 2 is 2.19 bits per heavy atom. The zero-order valence-electron chi connectivity index (χ0n) is 9.60. The van der Waals surface area contributed by atoms with Crippen LogP contribution in [0.3, 0.4) is 0 Å². The normalized spacial score (nSPS) is 19.3. The van der Waals surface area contributed by atoms with Gasteiger partial charge in [0, 0.05) is 12.4 Å². The van der Waals surface area contributed by atoms with E-state index in [4.69, 9.17) is 4.74 Å². The second kappa shape index (κ2) is 5.50. The highest BCUT2D eigenvalue weighted by Crippen LogP contribution is 2.23. The van der Waals surface area contributed by atoms with Crippen molar-refractivity contribution in [2.24, 2.45) is 5.92 Å². The van der Waals surface area contributed by atoms with Gasteiger partial charge in [0.05, 0.1) is 0 Å². The lowest BCUT2D eigenvalue weighted by Gasteiger charge is -2.16. The second-order valence-corrected chi connectivity index (χ2v) is 4.04. The summed E-state index contributed by atoms with van der Waals surface area (Å²) in [6.45, 7) is 2.22. The Morgan fingerprint density at radius 3 is 2.94 bits per heavy atom. The number of aromatic nitrogens is 1. The highest BCUT2D eigenvalue weighted by atomic mass is 16.5. The minimum Gasteiger partial charge on any atom is -0.458 e. The van der Waals surface area contributed by atoms with Crippen molar-refractivity contribution in [3.8, 4) is 5.75 Å². The van der Waals surface area contributed by atoms with Gasteiger partial charge >= 0.3 is 0 Å². The van der Waals surface area contributed by atoms with Crippen LogP contribution in [0.4, 0.5) is 0 Å². The number of nitrogens with zero attached hydrogens (tertiary/aromatic N) is 1. The van der Waals surface area contributed by atoms with E-state index in [9.17, 15) is 0 Å². The van der Waals surface area contributed by atoms with E-state index >= 15 is 0 Å². The van der Waals surface area contributed by atoms with Crippen molar-refractivity contribution in [2.45, 2.75) is 26.2 Å². The molecule has 2 rings (SSSR count). The highest BCUT2D eigenvalue weighted by molar-refractivity contribution is 5.26. The zero-order valence-corrected chi connectivity index (χ0v) is 9.60. The summed E-state index contributed by atoms with van der Waals surface area (Å²) in [6.07, 6.45) is 13.5. The molecular formula is C14H17NO. The molecule has 0 saturated heterocycles. The standard InChI is InChI=1S/C14H17NO/c1-2-4-12-5-3-6-14(11-12)16-13-7-9-15-10-8-13/h3,6-12H,2,4-5H2,1H3. The van der Waals surface area contributed by atoms with Crippen LogP contribution < -0.4 is 4.74 Å². The molecule has 1 aliphatic rings. The molecule has 0 N–H and O–H groups in total. The predicted molar refractivity (Wildman–Crippen MR) is 65.1 cm³/mol. The maximum absolute atomic E-state index is 5.77. The van der Waals surface area contributed by atoms with Crippen molar-refractivity contribution >= 4 is 0 Å². The van der Waals surface area contributed by atoms with Gasteiger partial charge in [-0.15, -0.1) is 0 Å². The average molecular weight is 215 g/mol. The van der Waals surface area contributed by atoms with E-state index in [0.717, 1.165) is 17.9 Å². The molecule has 2 heteroatoms. The van der Waals surface area contributed by atoms with Crippen LogP contribution in [0.15, 0.2) is 48.5 Å². The number of rotatable bonds is 4. The lowest BCUT2D eigenvalue weighted by molar-refractivity contribution is 0.425. The smallest absolute Gasteiger partial charge is 0.130 e. The van der Waals surface area contributed by atoms with Gasteiger partial charge in [0.1, 0.15) is 11.5 Å². The van der Waals surface area contributed by atoms with Crippen LogP contribution in [0.1, 0.15) is 26.2 Å². The molecule has 0 amide bonds. The molecule has 0 aromatic carbocycles. The number of hydrogen-bond donors (Lipinski definition) is 0. The summed E-state index contributed by atoms with van der Waals surface area (Å²) in [5.74, 6) is 2.44. The van der Waals surface area contributed by atoms with Gasteiger partial charge < -0.3 is 4.74 Å². The van der Waals surface area contributed by atoms with Crippen LogP contribution in [0, 0.1) is 5.92 Å². The van der Waals surface area contributed by atoms with Crippen LogP contribution in [0.25, 0.3) is 0 Å². The maximum atomic E-state index is 5.77. The fourth-order valence-corrected chi connectivity index (χ4v) is 1.90. The lowest BCUT2D eigenvalue weighted by Crippen LogP contribution is -2.04. The molecule has 0 spiro atoms. The highest BCUT2D eigenvalue weighted by Gasteiger charge is 2.09. The molecule has 1 atom stereocenters. The first-order chi connectivity index (χ1) is 7.88. The maximum Gasteiger partial charge on any atom is 0.130 e. The summed E-state index contributed by atoms with van der Waals surface area (Å²) >= 11 is 0. The third-order valence-electron chi connectivity index (χ3n) is 2.67. The van der Waals surface area contributed by atoms with Gasteiger partial charge in [0.15, 0.2) is 0 Å². The quantitative estimate of drug-likeness (QED) is 0.763. The largest absolute Gasteiger partial charge is 0.458 e. The third-order valence-corrected chi connectivity index (χ3v) is 2.67. The average Bonchev–Trinajstić information content (AvgIpc) is 2.31. The van der Waals surface area contributed by atoms with Crippen LogP contribution in [-0.2, 0) is 0 Å². The van der Waals surface area contributed by atoms with Crippen molar-refractivity contribution in [2.75, 3.05) is 0 Å². The number of ether oxygens (including phenoxy) is 1. The summed E-state index contributed by atoms with van der Waals surface area (Å²) in [6, 6.07) is 3.75. The molecule has 1 heterocycles. The number of pyridine rings is 1. The molecule has 0 fully saturated rings. The Labute approximate surface area is 96.7 Å². The number of allylic oxidation sites excluding steroid dienone is 3. The molecule has 1 aliphatic carbocycles. The molecule has 2 nitrogen and oxygen atoms in total. The van der Waals surface area contributed by atoms with Gasteiger partial charge in [0.2, 0.25) is 0 Å². The molecule has 0 aliphatic heterocycles. The summed E-state index contributed by atoms with van der Waals surface area (Å²) in [7, 11) is 0. The minimum atomic E-state index is 0.631. The summed E-state index contributed by atoms with van der Waals surface area (Å²) in [4.78, 5) is 3.97. The van der Waals surface area contributed by atoms with Crippen molar-refractivity contribution in [3.63, 3.8) is 0 Å². The number of hydrogen-bond acceptors (Lipinski definition) is 2. The molecule has 1 aromatic rings. The first kappa shape index (κ1) is 10.9. The van der Waals surface area contributed by atoms with Crippen molar-refractivity contribution in [1.29, 1.82) is 0 Å². The predicted octanol–water partition coefficient (Wildman–Crippen LogP) is 3.72. The van der Waals surface area contributed by atoms with E-state index in [-0.39, 0.29) is 0 Å². The Hall–Kier alpha value is -1.57. The Balaban J connectivity index is 2.01. The van der Waals surface area contributed by atoms with E-state index in [1.165, 1.54) is 12.8 Å². The summed E-state index contributed by atoms with van der Waals surface area (Å²) < 4.78 is 5.77. The van der Waals surface area contributed by atoms with E-state index in [1.807, 2.05) is 18.2 Å². The van der Waals surface area contributed by atoms with Gasteiger partial charge in [-0.05, 0) is 43.0 Å². The minimum absolute atomic E-state index is 0.631. The second-order valence-electron chi connectivity index (χ2n) is 4.04. The van der Waals surface area contributed by atoms with Gasteiger partial charge in [-0.25, -0.2) is 0 Å². The monoisotopic (exact) mass is 215 g/mol. The molecule has 84 valence electrons. The van der Waals surface area contributed by atoms with Crippen LogP contribution >= 0.6 is 0 Å². The topological polar surface area (TPSA) is 22.1 Å². The third kappa shape index (κ3) is 2.96. The molecule has 0 radical (unpaired) electrons. The Morgan fingerprint density at radius 1 is 1.38 bits per heavy atom. The molecular weight excluding hydrogens is 198 g/mol.